The predicted molar refractivity (Wildman–Crippen MR) is 103 cm³/mol. The molecule has 0 spiro atoms. The van der Waals surface area contributed by atoms with Crippen molar-refractivity contribution in [1.82, 2.24) is 20.2 Å². The summed E-state index contributed by atoms with van der Waals surface area (Å²) in [7, 11) is 0. The number of benzene rings is 1. The molecule has 7 nitrogen and oxygen atoms in total. The van der Waals surface area contributed by atoms with Crippen molar-refractivity contribution in [2.75, 3.05) is 12.3 Å². The molecule has 2 aromatic rings. The number of carbonyl (C=O) groups is 2. The molecule has 2 rings (SSSR count). The summed E-state index contributed by atoms with van der Waals surface area (Å²) >= 11 is 1.20. The normalized spacial score (nSPS) is 12.0. The summed E-state index contributed by atoms with van der Waals surface area (Å²) in [4.78, 5) is 41.0. The van der Waals surface area contributed by atoms with E-state index >= 15 is 0 Å². The Balaban J connectivity index is 2.14. The third-order valence-corrected chi connectivity index (χ3v) is 4.70. The van der Waals surface area contributed by atoms with Crippen molar-refractivity contribution >= 4 is 34.5 Å². The van der Waals surface area contributed by atoms with Crippen LogP contribution >= 0.6 is 11.8 Å². The summed E-state index contributed by atoms with van der Waals surface area (Å²) in [5.41, 5.74) is 0.513. The number of carbonyl (C=O) groups excluding carboxylic acids is 2. The summed E-state index contributed by atoms with van der Waals surface area (Å²) in [5.74, 6) is -0.421. The van der Waals surface area contributed by atoms with Crippen molar-refractivity contribution in [3.63, 3.8) is 0 Å². The van der Waals surface area contributed by atoms with E-state index in [0.29, 0.717) is 29.1 Å². The standard InChI is InChI=1S/C18H24N4O3S/c1-4-10-22-17(25)13-8-6-7-9-14(13)21-18(22)26-11-15(23)20-12(3)16(24)19-5-2/h6-9,12H,4-5,10-11H2,1-3H3,(H,19,24)(H,20,23)/t12-/m0/s1. The lowest BCUT2D eigenvalue weighted by Crippen LogP contribution is -2.45. The Kier molecular flexibility index (Phi) is 7.20. The van der Waals surface area contributed by atoms with Gasteiger partial charge in [0.05, 0.1) is 16.7 Å². The van der Waals surface area contributed by atoms with E-state index in [2.05, 4.69) is 15.6 Å². The van der Waals surface area contributed by atoms with Crippen LogP contribution in [0.25, 0.3) is 10.9 Å². The molecule has 0 unspecified atom stereocenters. The molecule has 0 fully saturated rings. The Bertz CT molecular complexity index is 850. The average Bonchev–Trinajstić information content (AvgIpc) is 2.63. The van der Waals surface area contributed by atoms with Gasteiger partial charge in [0, 0.05) is 13.1 Å². The smallest absolute Gasteiger partial charge is 0.262 e. The van der Waals surface area contributed by atoms with E-state index in [1.54, 1.807) is 23.6 Å². The van der Waals surface area contributed by atoms with Gasteiger partial charge in [0.2, 0.25) is 11.8 Å². The lowest BCUT2D eigenvalue weighted by atomic mass is 10.2. The monoisotopic (exact) mass is 376 g/mol. The van der Waals surface area contributed by atoms with E-state index in [9.17, 15) is 14.4 Å². The highest BCUT2D eigenvalue weighted by Crippen LogP contribution is 2.18. The molecule has 0 aliphatic rings. The van der Waals surface area contributed by atoms with Crippen LogP contribution < -0.4 is 16.2 Å². The molecule has 0 aliphatic heterocycles. The molecule has 2 N–H and O–H groups in total. The Morgan fingerprint density at radius 2 is 2.00 bits per heavy atom. The van der Waals surface area contributed by atoms with E-state index in [4.69, 9.17) is 0 Å². The van der Waals surface area contributed by atoms with Gasteiger partial charge in [-0.2, -0.15) is 0 Å². The van der Waals surface area contributed by atoms with Crippen LogP contribution in [0, 0.1) is 0 Å². The fourth-order valence-electron chi connectivity index (χ4n) is 2.48. The molecule has 140 valence electrons. The van der Waals surface area contributed by atoms with Gasteiger partial charge >= 0.3 is 0 Å². The van der Waals surface area contributed by atoms with Gasteiger partial charge < -0.3 is 10.6 Å². The first kappa shape index (κ1) is 20.0. The van der Waals surface area contributed by atoms with Crippen LogP contribution in [0.15, 0.2) is 34.2 Å². The number of likely N-dealkylation sites (N-methyl/N-ethyl adjacent to an activating group) is 1. The van der Waals surface area contributed by atoms with Gasteiger partial charge in [-0.1, -0.05) is 30.8 Å². The molecular formula is C18H24N4O3S. The SMILES string of the molecule is CCCn1c(SCC(=O)N[C@@H](C)C(=O)NCC)nc2ccccc2c1=O. The molecule has 2 amide bonds. The molecule has 1 atom stereocenters. The molecule has 0 saturated carbocycles. The summed E-state index contributed by atoms with van der Waals surface area (Å²) < 4.78 is 1.60. The summed E-state index contributed by atoms with van der Waals surface area (Å²) in [6.07, 6.45) is 0.786. The van der Waals surface area contributed by atoms with E-state index in [0.717, 1.165) is 6.42 Å². The van der Waals surface area contributed by atoms with Crippen LogP contribution in [0.4, 0.5) is 0 Å². The van der Waals surface area contributed by atoms with Crippen LogP contribution in [0.2, 0.25) is 0 Å². The van der Waals surface area contributed by atoms with Crippen LogP contribution in [-0.2, 0) is 16.1 Å². The topological polar surface area (TPSA) is 93.1 Å². The zero-order valence-electron chi connectivity index (χ0n) is 15.2. The zero-order chi connectivity index (χ0) is 19.1. The number of nitrogens with zero attached hydrogens (tertiary/aromatic N) is 2. The zero-order valence-corrected chi connectivity index (χ0v) is 16.1. The summed E-state index contributed by atoms with van der Waals surface area (Å²) in [5, 5.41) is 6.39. The number of fused-ring (bicyclic) bond motifs is 1. The minimum Gasteiger partial charge on any atom is -0.355 e. The predicted octanol–water partition coefficient (Wildman–Crippen LogP) is 1.54. The molecule has 0 bridgehead atoms. The highest BCUT2D eigenvalue weighted by molar-refractivity contribution is 7.99. The Labute approximate surface area is 156 Å². The number of thioether (sulfide) groups is 1. The minimum atomic E-state index is -0.606. The molecule has 0 radical (unpaired) electrons. The molecule has 1 aromatic carbocycles. The number of para-hydroxylation sites is 1. The minimum absolute atomic E-state index is 0.0816. The molecule has 0 aliphatic carbocycles. The maximum Gasteiger partial charge on any atom is 0.262 e. The first-order valence-corrected chi connectivity index (χ1v) is 9.65. The van der Waals surface area contributed by atoms with Crippen LogP contribution in [0.5, 0.6) is 0 Å². The van der Waals surface area contributed by atoms with Gasteiger partial charge in [-0.05, 0) is 32.4 Å². The van der Waals surface area contributed by atoms with Gasteiger partial charge in [-0.3, -0.25) is 19.0 Å². The van der Waals surface area contributed by atoms with Gasteiger partial charge in [-0.25, -0.2) is 4.98 Å². The van der Waals surface area contributed by atoms with Gasteiger partial charge in [0.25, 0.3) is 5.56 Å². The Morgan fingerprint density at radius 1 is 1.27 bits per heavy atom. The lowest BCUT2D eigenvalue weighted by Gasteiger charge is -2.14. The van der Waals surface area contributed by atoms with Gasteiger partial charge in [0.1, 0.15) is 6.04 Å². The van der Waals surface area contributed by atoms with Crippen molar-refractivity contribution in [2.24, 2.45) is 0 Å². The van der Waals surface area contributed by atoms with Gasteiger partial charge in [-0.15, -0.1) is 0 Å². The maximum atomic E-state index is 12.7. The largest absolute Gasteiger partial charge is 0.355 e. The quantitative estimate of drug-likeness (QED) is 0.538. The van der Waals surface area contributed by atoms with Crippen molar-refractivity contribution in [3.05, 3.63) is 34.6 Å². The number of hydrogen-bond acceptors (Lipinski definition) is 5. The fourth-order valence-corrected chi connectivity index (χ4v) is 3.32. The first-order valence-electron chi connectivity index (χ1n) is 8.67. The fraction of sp³-hybridized carbons (Fsp3) is 0.444. The van der Waals surface area contributed by atoms with Crippen molar-refractivity contribution < 1.29 is 9.59 Å². The number of hydrogen-bond donors (Lipinski definition) is 2. The highest BCUT2D eigenvalue weighted by Gasteiger charge is 2.16. The molecule has 26 heavy (non-hydrogen) atoms. The Morgan fingerprint density at radius 3 is 2.69 bits per heavy atom. The molecule has 1 heterocycles. The number of rotatable bonds is 8. The van der Waals surface area contributed by atoms with Crippen LogP contribution in [0.1, 0.15) is 27.2 Å². The average molecular weight is 376 g/mol. The van der Waals surface area contributed by atoms with Crippen molar-refractivity contribution in [2.45, 2.75) is 44.9 Å². The maximum absolute atomic E-state index is 12.7. The molecular weight excluding hydrogens is 352 g/mol. The van der Waals surface area contributed by atoms with Crippen LogP contribution in [-0.4, -0.2) is 39.7 Å². The van der Waals surface area contributed by atoms with Crippen molar-refractivity contribution in [3.8, 4) is 0 Å². The third kappa shape index (κ3) is 4.85. The summed E-state index contributed by atoms with van der Waals surface area (Å²) in [6, 6.07) is 6.57. The van der Waals surface area contributed by atoms with Crippen molar-refractivity contribution in [1.29, 1.82) is 0 Å². The van der Waals surface area contributed by atoms with E-state index in [1.807, 2.05) is 26.0 Å². The number of amides is 2. The second kappa shape index (κ2) is 9.38. The second-order valence-corrected chi connectivity index (χ2v) is 6.78. The molecule has 1 aromatic heterocycles. The second-order valence-electron chi connectivity index (χ2n) is 5.84. The lowest BCUT2D eigenvalue weighted by molar-refractivity contribution is -0.127. The summed E-state index contributed by atoms with van der Waals surface area (Å²) in [6.45, 7) is 6.49. The molecule has 8 heteroatoms. The Hall–Kier alpha value is -2.35. The van der Waals surface area contributed by atoms with E-state index < -0.39 is 6.04 Å². The van der Waals surface area contributed by atoms with E-state index in [1.165, 1.54) is 11.8 Å². The number of aromatic nitrogens is 2. The third-order valence-electron chi connectivity index (χ3n) is 3.73. The first-order chi connectivity index (χ1) is 12.5. The highest BCUT2D eigenvalue weighted by atomic mass is 32.2. The number of nitrogens with one attached hydrogen (secondary N) is 2. The van der Waals surface area contributed by atoms with E-state index in [-0.39, 0.29) is 23.1 Å². The van der Waals surface area contributed by atoms with Gasteiger partial charge in [0.15, 0.2) is 5.16 Å². The molecule has 0 saturated heterocycles. The van der Waals surface area contributed by atoms with Crippen LogP contribution in [0.3, 0.4) is 0 Å².